The number of rotatable bonds is 5. The monoisotopic (exact) mass is 243 g/mol. The van der Waals surface area contributed by atoms with Gasteiger partial charge in [0.15, 0.2) is 0 Å². The van der Waals surface area contributed by atoms with Crippen LogP contribution in [0, 0.1) is 23.2 Å². The zero-order valence-corrected chi connectivity index (χ0v) is 11.6. The van der Waals surface area contributed by atoms with E-state index in [1.807, 2.05) is 32.0 Å². The van der Waals surface area contributed by atoms with Gasteiger partial charge in [0.2, 0.25) is 0 Å². The van der Waals surface area contributed by atoms with Crippen LogP contribution in [0.3, 0.4) is 0 Å². The summed E-state index contributed by atoms with van der Waals surface area (Å²) in [4.78, 5) is 12.3. The first-order valence-corrected chi connectivity index (χ1v) is 6.49. The van der Waals surface area contributed by atoms with Crippen LogP contribution in [0.15, 0.2) is 24.3 Å². The van der Waals surface area contributed by atoms with Crippen molar-refractivity contribution in [3.63, 3.8) is 0 Å². The van der Waals surface area contributed by atoms with Crippen molar-refractivity contribution in [3.05, 3.63) is 35.4 Å². The Bertz CT molecular complexity index is 454. The van der Waals surface area contributed by atoms with Crippen molar-refractivity contribution in [1.82, 2.24) is 0 Å². The van der Waals surface area contributed by atoms with Crippen LogP contribution < -0.4 is 0 Å². The molecular formula is C16H21NO. The van der Waals surface area contributed by atoms with Gasteiger partial charge in [-0.3, -0.25) is 4.79 Å². The lowest BCUT2D eigenvalue weighted by molar-refractivity contribution is -0.123. The second-order valence-electron chi connectivity index (χ2n) is 5.48. The maximum atomic E-state index is 12.3. The van der Waals surface area contributed by atoms with Gasteiger partial charge < -0.3 is 0 Å². The maximum Gasteiger partial charge on any atom is 0.142 e. The molecule has 2 heteroatoms. The minimum atomic E-state index is -0.0849. The Labute approximate surface area is 110 Å². The number of nitrogens with zero attached hydrogens (tertiary/aromatic N) is 1. The minimum Gasteiger partial charge on any atom is -0.299 e. The maximum absolute atomic E-state index is 12.3. The second kappa shape index (κ2) is 6.35. The van der Waals surface area contributed by atoms with Crippen LogP contribution in [0.2, 0.25) is 0 Å². The first kappa shape index (κ1) is 14.4. The van der Waals surface area contributed by atoms with Crippen LogP contribution in [-0.2, 0) is 4.79 Å². The van der Waals surface area contributed by atoms with Gasteiger partial charge in [-0.25, -0.2) is 0 Å². The van der Waals surface area contributed by atoms with Gasteiger partial charge in [-0.1, -0.05) is 39.8 Å². The Balaban J connectivity index is 3.09. The van der Waals surface area contributed by atoms with E-state index in [-0.39, 0.29) is 17.6 Å². The number of Topliss-reactive ketones (excluding diaryl/α,β-unsaturated/α-hetero) is 1. The zero-order valence-electron chi connectivity index (χ0n) is 11.6. The number of hydrogen-bond donors (Lipinski definition) is 0. The van der Waals surface area contributed by atoms with Gasteiger partial charge in [-0.2, -0.15) is 5.26 Å². The number of benzene rings is 1. The molecule has 0 amide bonds. The number of carbonyl (C=O) groups excluding carboxylic acids is 1. The molecule has 1 aromatic carbocycles. The van der Waals surface area contributed by atoms with Gasteiger partial charge in [0.25, 0.3) is 0 Å². The van der Waals surface area contributed by atoms with E-state index in [0.29, 0.717) is 11.5 Å². The van der Waals surface area contributed by atoms with E-state index < -0.39 is 0 Å². The summed E-state index contributed by atoms with van der Waals surface area (Å²) in [6.45, 7) is 8.11. The highest BCUT2D eigenvalue weighted by atomic mass is 16.1. The van der Waals surface area contributed by atoms with Crippen molar-refractivity contribution in [2.75, 3.05) is 0 Å². The summed E-state index contributed by atoms with van der Waals surface area (Å²) < 4.78 is 0. The first-order valence-electron chi connectivity index (χ1n) is 6.49. The van der Waals surface area contributed by atoms with E-state index in [1.54, 1.807) is 6.07 Å². The average Bonchev–Trinajstić information content (AvgIpc) is 2.34. The highest BCUT2D eigenvalue weighted by Gasteiger charge is 2.24. The van der Waals surface area contributed by atoms with Gasteiger partial charge >= 0.3 is 0 Å². The fraction of sp³-hybridized carbons (Fsp3) is 0.500. The van der Waals surface area contributed by atoms with Crippen molar-refractivity contribution in [2.24, 2.45) is 11.8 Å². The number of ketones is 1. The molecule has 1 atom stereocenters. The third-order valence-electron chi connectivity index (χ3n) is 3.04. The molecule has 18 heavy (non-hydrogen) atoms. The van der Waals surface area contributed by atoms with Crippen molar-refractivity contribution >= 4 is 5.78 Å². The standard InChI is InChI=1S/C16H21NO/c1-11(2)8-15(16(18)12(3)4)14-7-5-6-13(9-14)10-17/h5-7,9,11-12,15H,8H2,1-4H3. The number of carbonyl (C=O) groups is 1. The van der Waals surface area contributed by atoms with Crippen LogP contribution in [0.5, 0.6) is 0 Å². The minimum absolute atomic E-state index is 0.0273. The van der Waals surface area contributed by atoms with Gasteiger partial charge in [0.1, 0.15) is 5.78 Å². The first-order chi connectivity index (χ1) is 8.45. The van der Waals surface area contributed by atoms with Crippen molar-refractivity contribution in [1.29, 1.82) is 5.26 Å². The smallest absolute Gasteiger partial charge is 0.142 e. The van der Waals surface area contributed by atoms with E-state index in [2.05, 4.69) is 19.9 Å². The molecule has 1 aromatic rings. The summed E-state index contributed by atoms with van der Waals surface area (Å²) in [5.41, 5.74) is 1.60. The summed E-state index contributed by atoms with van der Waals surface area (Å²) >= 11 is 0. The van der Waals surface area contributed by atoms with Crippen molar-refractivity contribution in [3.8, 4) is 6.07 Å². The zero-order chi connectivity index (χ0) is 13.7. The summed E-state index contributed by atoms with van der Waals surface area (Å²) in [7, 11) is 0. The third kappa shape index (κ3) is 3.70. The molecule has 0 spiro atoms. The number of hydrogen-bond acceptors (Lipinski definition) is 2. The Hall–Kier alpha value is -1.62. The quantitative estimate of drug-likeness (QED) is 0.786. The largest absolute Gasteiger partial charge is 0.299 e. The molecule has 1 unspecified atom stereocenters. The lowest BCUT2D eigenvalue weighted by atomic mass is 9.82. The predicted molar refractivity (Wildman–Crippen MR) is 73.2 cm³/mol. The van der Waals surface area contributed by atoms with Gasteiger partial charge in [-0.05, 0) is 30.0 Å². The van der Waals surface area contributed by atoms with Gasteiger partial charge in [0, 0.05) is 11.8 Å². The van der Waals surface area contributed by atoms with Crippen LogP contribution >= 0.6 is 0 Å². The Kier molecular flexibility index (Phi) is 5.09. The second-order valence-corrected chi connectivity index (χ2v) is 5.48. The molecule has 0 saturated heterocycles. The van der Waals surface area contributed by atoms with E-state index in [0.717, 1.165) is 12.0 Å². The summed E-state index contributed by atoms with van der Waals surface area (Å²) in [5.74, 6) is 0.667. The summed E-state index contributed by atoms with van der Waals surface area (Å²) in [6.07, 6.45) is 0.839. The fourth-order valence-electron chi connectivity index (χ4n) is 2.12. The fourth-order valence-corrected chi connectivity index (χ4v) is 2.12. The molecule has 96 valence electrons. The highest BCUT2D eigenvalue weighted by molar-refractivity contribution is 5.87. The molecule has 1 rings (SSSR count). The molecule has 0 saturated carbocycles. The lowest BCUT2D eigenvalue weighted by Gasteiger charge is -2.20. The Morgan fingerprint density at radius 1 is 1.28 bits per heavy atom. The lowest BCUT2D eigenvalue weighted by Crippen LogP contribution is -2.20. The van der Waals surface area contributed by atoms with Crippen molar-refractivity contribution in [2.45, 2.75) is 40.0 Å². The Morgan fingerprint density at radius 2 is 1.94 bits per heavy atom. The topological polar surface area (TPSA) is 40.9 Å². The number of nitriles is 1. The van der Waals surface area contributed by atoms with Gasteiger partial charge in [-0.15, -0.1) is 0 Å². The highest BCUT2D eigenvalue weighted by Crippen LogP contribution is 2.28. The van der Waals surface area contributed by atoms with Crippen LogP contribution in [-0.4, -0.2) is 5.78 Å². The summed E-state index contributed by atoms with van der Waals surface area (Å²) in [5, 5.41) is 8.94. The van der Waals surface area contributed by atoms with Crippen LogP contribution in [0.4, 0.5) is 0 Å². The van der Waals surface area contributed by atoms with E-state index >= 15 is 0 Å². The van der Waals surface area contributed by atoms with E-state index in [1.165, 1.54) is 0 Å². The molecule has 0 heterocycles. The molecule has 0 aliphatic carbocycles. The third-order valence-corrected chi connectivity index (χ3v) is 3.04. The molecular weight excluding hydrogens is 222 g/mol. The summed E-state index contributed by atoms with van der Waals surface area (Å²) in [6, 6.07) is 9.56. The van der Waals surface area contributed by atoms with E-state index in [4.69, 9.17) is 5.26 Å². The molecule has 0 fully saturated rings. The van der Waals surface area contributed by atoms with Gasteiger partial charge in [0.05, 0.1) is 11.6 Å². The van der Waals surface area contributed by atoms with Crippen LogP contribution in [0.25, 0.3) is 0 Å². The van der Waals surface area contributed by atoms with E-state index in [9.17, 15) is 4.79 Å². The average molecular weight is 243 g/mol. The molecule has 0 radical (unpaired) electrons. The molecule has 0 aliphatic rings. The SMILES string of the molecule is CC(C)CC(C(=O)C(C)C)c1cccc(C#N)c1. The Morgan fingerprint density at radius 3 is 2.44 bits per heavy atom. The molecule has 0 bridgehead atoms. The molecule has 2 nitrogen and oxygen atoms in total. The molecule has 0 aromatic heterocycles. The molecule has 0 N–H and O–H groups in total. The van der Waals surface area contributed by atoms with Crippen molar-refractivity contribution < 1.29 is 4.79 Å². The predicted octanol–water partition coefficient (Wildman–Crippen LogP) is 3.91. The normalized spacial score (nSPS) is 12.5. The van der Waals surface area contributed by atoms with Crippen LogP contribution in [0.1, 0.15) is 51.2 Å². The molecule has 0 aliphatic heterocycles.